The van der Waals surface area contributed by atoms with Crippen molar-refractivity contribution in [2.75, 3.05) is 7.05 Å². The molecule has 35 heavy (non-hydrogen) atoms. The van der Waals surface area contributed by atoms with Gasteiger partial charge in [0.05, 0.1) is 5.52 Å². The van der Waals surface area contributed by atoms with E-state index in [2.05, 4.69) is 34.2 Å². The number of ketones is 1. The summed E-state index contributed by atoms with van der Waals surface area (Å²) in [6.07, 6.45) is 4.08. The van der Waals surface area contributed by atoms with Crippen LogP contribution < -0.4 is 5.32 Å². The molecular formula is C26H32N6O3. The number of nitrogens with zero attached hydrogens (tertiary/aromatic N) is 5. The van der Waals surface area contributed by atoms with Gasteiger partial charge in [0.1, 0.15) is 24.1 Å². The van der Waals surface area contributed by atoms with Crippen molar-refractivity contribution in [3.8, 4) is 11.1 Å². The molecule has 0 saturated carbocycles. The van der Waals surface area contributed by atoms with Gasteiger partial charge < -0.3 is 10.2 Å². The number of hydrogen-bond acceptors (Lipinski definition) is 6. The van der Waals surface area contributed by atoms with Crippen LogP contribution in [0.3, 0.4) is 0 Å². The van der Waals surface area contributed by atoms with Gasteiger partial charge in [0.2, 0.25) is 11.8 Å². The lowest BCUT2D eigenvalue weighted by atomic mass is 9.84. The van der Waals surface area contributed by atoms with Crippen LogP contribution in [-0.2, 0) is 16.1 Å². The van der Waals surface area contributed by atoms with Crippen LogP contribution in [0.4, 0.5) is 0 Å². The Morgan fingerprint density at radius 2 is 1.77 bits per heavy atom. The number of carbonyl (C=O) groups excluding carboxylic acids is 3. The molecule has 1 aromatic carbocycles. The fourth-order valence-corrected chi connectivity index (χ4v) is 5.01. The van der Waals surface area contributed by atoms with Crippen molar-refractivity contribution in [1.29, 1.82) is 0 Å². The normalized spacial score (nSPS) is 19.2. The van der Waals surface area contributed by atoms with E-state index in [0.717, 1.165) is 22.2 Å². The van der Waals surface area contributed by atoms with Crippen molar-refractivity contribution in [3.05, 3.63) is 41.6 Å². The summed E-state index contributed by atoms with van der Waals surface area (Å²) in [5.74, 6) is 0.117. The molecule has 2 atom stereocenters. The molecule has 4 rings (SSSR count). The van der Waals surface area contributed by atoms with Crippen LogP contribution in [0.1, 0.15) is 56.0 Å². The predicted molar refractivity (Wildman–Crippen MR) is 133 cm³/mol. The molecule has 3 aromatic rings. The quantitative estimate of drug-likeness (QED) is 0.567. The maximum Gasteiger partial charge on any atom is 0.245 e. The summed E-state index contributed by atoms with van der Waals surface area (Å²) in [5.41, 5.74) is 3.41. The predicted octanol–water partition coefficient (Wildman–Crippen LogP) is 3.07. The largest absolute Gasteiger partial charge is 0.357 e. The fraction of sp³-hybridized carbons (Fsp3) is 0.462. The Labute approximate surface area is 204 Å². The van der Waals surface area contributed by atoms with E-state index >= 15 is 0 Å². The molecule has 1 saturated heterocycles. The number of likely N-dealkylation sites (tertiary alicyclic amines) is 1. The zero-order valence-corrected chi connectivity index (χ0v) is 21.3. The lowest BCUT2D eigenvalue weighted by molar-refractivity contribution is -0.140. The molecule has 1 fully saturated rings. The third-order valence-electron chi connectivity index (χ3n) is 7.21. The third kappa shape index (κ3) is 4.31. The van der Waals surface area contributed by atoms with Gasteiger partial charge in [0.15, 0.2) is 5.78 Å². The molecule has 0 unspecified atom stereocenters. The number of hydrogen-bond donors (Lipinski definition) is 1. The third-order valence-corrected chi connectivity index (χ3v) is 7.21. The molecule has 1 N–H and O–H groups in total. The van der Waals surface area contributed by atoms with Crippen molar-refractivity contribution in [2.24, 2.45) is 5.41 Å². The van der Waals surface area contributed by atoms with Gasteiger partial charge in [-0.05, 0) is 55.9 Å². The van der Waals surface area contributed by atoms with Crippen LogP contribution in [0.2, 0.25) is 0 Å². The van der Waals surface area contributed by atoms with E-state index in [1.807, 2.05) is 32.9 Å². The average Bonchev–Trinajstić information content (AvgIpc) is 3.28. The van der Waals surface area contributed by atoms with Crippen molar-refractivity contribution >= 4 is 28.5 Å². The Hall–Kier alpha value is -3.62. The number of carbonyl (C=O) groups is 3. The summed E-state index contributed by atoms with van der Waals surface area (Å²) < 4.78 is 1.60. The fourth-order valence-electron chi connectivity index (χ4n) is 5.01. The number of aryl methyl sites for hydroxylation is 2. The Balaban J connectivity index is 1.77. The van der Waals surface area contributed by atoms with Crippen LogP contribution in [0, 0.1) is 19.3 Å². The number of nitrogens with one attached hydrogen (secondary N) is 1. The molecule has 0 spiro atoms. The molecule has 3 heterocycles. The first-order valence-electron chi connectivity index (χ1n) is 11.8. The highest BCUT2D eigenvalue weighted by atomic mass is 16.2. The Kier molecular flexibility index (Phi) is 6.21. The van der Waals surface area contributed by atoms with E-state index in [1.165, 1.54) is 6.92 Å². The minimum Gasteiger partial charge on any atom is -0.357 e. The van der Waals surface area contributed by atoms with Gasteiger partial charge in [-0.3, -0.25) is 19.1 Å². The highest BCUT2D eigenvalue weighted by Gasteiger charge is 2.48. The number of fused-ring (bicyclic) bond motifs is 1. The van der Waals surface area contributed by atoms with Gasteiger partial charge in [-0.1, -0.05) is 13.8 Å². The number of amides is 2. The maximum absolute atomic E-state index is 13.6. The van der Waals surface area contributed by atoms with Crippen LogP contribution in [-0.4, -0.2) is 61.4 Å². The molecule has 1 aliphatic rings. The number of benzene rings is 1. The van der Waals surface area contributed by atoms with Crippen molar-refractivity contribution in [2.45, 2.75) is 66.6 Å². The van der Waals surface area contributed by atoms with Crippen molar-refractivity contribution in [3.63, 3.8) is 0 Å². The SMILES string of the molecule is CNC(=O)[C@@H]1CC(C)(C)[C@@H](C)N1C(=O)Cn1nc(C(C)=O)c2cc(-c3cnc(C)nc3)cc(C)c21. The molecule has 1 aliphatic heterocycles. The van der Waals surface area contributed by atoms with E-state index in [9.17, 15) is 14.4 Å². The van der Waals surface area contributed by atoms with Crippen LogP contribution in [0.5, 0.6) is 0 Å². The minimum absolute atomic E-state index is 0.0640. The standard InChI is InChI=1S/C26H32N6O3/c1-14-8-18(19-11-28-17(4)29-12-19)9-20-23(15(2)33)30-31(24(14)20)13-22(34)32-16(3)26(5,6)10-21(32)25(35)27-7/h8-9,11-12,16,21H,10,13H2,1-7H3,(H,27,35)/t16-,21+/m1/s1. The van der Waals surface area contributed by atoms with Crippen LogP contribution in [0.25, 0.3) is 22.0 Å². The van der Waals surface area contributed by atoms with E-state index in [4.69, 9.17) is 0 Å². The summed E-state index contributed by atoms with van der Waals surface area (Å²) in [4.78, 5) is 48.9. The Bertz CT molecular complexity index is 1330. The van der Waals surface area contributed by atoms with Crippen molar-refractivity contribution in [1.82, 2.24) is 30.0 Å². The summed E-state index contributed by atoms with van der Waals surface area (Å²) in [6.45, 7) is 11.3. The van der Waals surface area contributed by atoms with Crippen LogP contribution in [0.15, 0.2) is 24.5 Å². The summed E-state index contributed by atoms with van der Waals surface area (Å²) in [5, 5.41) is 7.92. The lowest BCUT2D eigenvalue weighted by Crippen LogP contribution is -2.49. The van der Waals surface area contributed by atoms with Gasteiger partial charge >= 0.3 is 0 Å². The van der Waals surface area contributed by atoms with Crippen LogP contribution >= 0.6 is 0 Å². The van der Waals surface area contributed by atoms with Gasteiger partial charge in [-0.25, -0.2) is 9.97 Å². The molecule has 0 radical (unpaired) electrons. The minimum atomic E-state index is -0.541. The molecular weight excluding hydrogens is 444 g/mol. The van der Waals surface area contributed by atoms with E-state index in [-0.39, 0.29) is 35.6 Å². The second kappa shape index (κ2) is 8.87. The molecule has 2 aromatic heterocycles. The van der Waals surface area contributed by atoms with Gasteiger partial charge in [-0.2, -0.15) is 5.10 Å². The smallest absolute Gasteiger partial charge is 0.245 e. The molecule has 2 amide bonds. The summed E-state index contributed by atoms with van der Waals surface area (Å²) in [7, 11) is 1.58. The second-order valence-corrected chi connectivity index (χ2v) is 10.1. The topological polar surface area (TPSA) is 110 Å². The monoisotopic (exact) mass is 476 g/mol. The second-order valence-electron chi connectivity index (χ2n) is 10.1. The average molecular weight is 477 g/mol. The van der Waals surface area contributed by atoms with Crippen molar-refractivity contribution < 1.29 is 14.4 Å². The molecule has 0 bridgehead atoms. The van der Waals surface area contributed by atoms with Gasteiger partial charge in [-0.15, -0.1) is 0 Å². The zero-order chi connectivity index (χ0) is 25.7. The highest BCUT2D eigenvalue weighted by molar-refractivity contribution is 6.07. The van der Waals surface area contributed by atoms with E-state index in [1.54, 1.807) is 29.0 Å². The molecule has 9 heteroatoms. The maximum atomic E-state index is 13.6. The first kappa shape index (κ1) is 24.5. The van der Waals surface area contributed by atoms with Gasteiger partial charge in [0.25, 0.3) is 0 Å². The highest BCUT2D eigenvalue weighted by Crippen LogP contribution is 2.40. The molecule has 9 nitrogen and oxygen atoms in total. The summed E-state index contributed by atoms with van der Waals surface area (Å²) in [6, 6.07) is 3.22. The number of Topliss-reactive ketones (excluding diaryl/α,β-unsaturated/α-hetero) is 1. The number of aromatic nitrogens is 4. The lowest BCUT2D eigenvalue weighted by Gasteiger charge is -2.31. The molecule has 0 aliphatic carbocycles. The number of likely N-dealkylation sites (N-methyl/N-ethyl adjacent to an activating group) is 1. The van der Waals surface area contributed by atoms with E-state index in [0.29, 0.717) is 23.3 Å². The zero-order valence-electron chi connectivity index (χ0n) is 21.3. The Morgan fingerprint density at radius 3 is 2.37 bits per heavy atom. The summed E-state index contributed by atoms with van der Waals surface area (Å²) >= 11 is 0. The van der Waals surface area contributed by atoms with E-state index < -0.39 is 6.04 Å². The molecule has 184 valence electrons. The number of rotatable bonds is 5. The first-order valence-corrected chi connectivity index (χ1v) is 11.8. The van der Waals surface area contributed by atoms with Gasteiger partial charge in [0, 0.05) is 43.4 Å². The first-order chi connectivity index (χ1) is 16.4. The Morgan fingerprint density at radius 1 is 1.11 bits per heavy atom.